The fourth-order valence-corrected chi connectivity index (χ4v) is 3.48. The first-order valence-corrected chi connectivity index (χ1v) is 11.7. The zero-order chi connectivity index (χ0) is 30.1. The van der Waals surface area contributed by atoms with E-state index in [0.717, 1.165) is 18.2 Å². The van der Waals surface area contributed by atoms with Gasteiger partial charge in [-0.05, 0) is 42.8 Å². The molecule has 1 N–H and O–H groups in total. The lowest BCUT2D eigenvalue weighted by Crippen LogP contribution is -2.18. The standard InChI is InChI=1S/C26H24N4O11/c1-5-40-21-8-15(14-27-28-25(31)16-9-18(29(33)34)13-19(10-16)30(35)36)6-7-20(21)41-26(32)17-11-22(37-2)24(39-4)23(12-17)38-3/h6-14H,5H2,1-4H3,(H,28,31)/b27-14+. The van der Waals surface area contributed by atoms with Crippen LogP contribution in [-0.2, 0) is 0 Å². The van der Waals surface area contributed by atoms with E-state index >= 15 is 0 Å². The van der Waals surface area contributed by atoms with Crippen LogP contribution in [0.1, 0.15) is 33.2 Å². The number of methoxy groups -OCH3 is 3. The van der Waals surface area contributed by atoms with E-state index in [2.05, 4.69) is 10.5 Å². The fourth-order valence-electron chi connectivity index (χ4n) is 3.48. The number of non-ortho nitro benzene ring substituents is 2. The number of nitro benzene ring substituents is 2. The molecule has 15 nitrogen and oxygen atoms in total. The van der Waals surface area contributed by atoms with Crippen molar-refractivity contribution in [2.45, 2.75) is 6.92 Å². The zero-order valence-corrected chi connectivity index (χ0v) is 22.2. The van der Waals surface area contributed by atoms with Crippen LogP contribution < -0.4 is 29.1 Å². The summed E-state index contributed by atoms with van der Waals surface area (Å²) >= 11 is 0. The maximum atomic E-state index is 12.9. The Labute approximate surface area is 232 Å². The highest BCUT2D eigenvalue weighted by molar-refractivity contribution is 5.96. The largest absolute Gasteiger partial charge is 0.493 e. The van der Waals surface area contributed by atoms with Crippen LogP contribution >= 0.6 is 0 Å². The van der Waals surface area contributed by atoms with Gasteiger partial charge in [0.1, 0.15) is 0 Å². The van der Waals surface area contributed by atoms with Gasteiger partial charge in [-0.25, -0.2) is 10.2 Å². The van der Waals surface area contributed by atoms with E-state index in [1.54, 1.807) is 6.92 Å². The molecule has 41 heavy (non-hydrogen) atoms. The van der Waals surface area contributed by atoms with Crippen molar-refractivity contribution < 1.29 is 43.1 Å². The van der Waals surface area contributed by atoms with Crippen LogP contribution in [0.4, 0.5) is 11.4 Å². The summed E-state index contributed by atoms with van der Waals surface area (Å²) in [6.07, 6.45) is 1.23. The molecule has 3 aromatic carbocycles. The molecular weight excluding hydrogens is 544 g/mol. The van der Waals surface area contributed by atoms with Gasteiger partial charge in [0.25, 0.3) is 17.3 Å². The third kappa shape index (κ3) is 7.23. The maximum absolute atomic E-state index is 12.9. The molecular formula is C26H24N4O11. The number of rotatable bonds is 12. The Morgan fingerprint density at radius 2 is 1.44 bits per heavy atom. The summed E-state index contributed by atoms with van der Waals surface area (Å²) < 4.78 is 26.9. The van der Waals surface area contributed by atoms with Gasteiger partial charge >= 0.3 is 5.97 Å². The predicted molar refractivity (Wildman–Crippen MR) is 143 cm³/mol. The van der Waals surface area contributed by atoms with Crippen molar-refractivity contribution in [3.05, 3.63) is 85.4 Å². The molecule has 0 saturated heterocycles. The molecule has 15 heteroatoms. The number of esters is 1. The van der Waals surface area contributed by atoms with Gasteiger partial charge in [-0.3, -0.25) is 25.0 Å². The quantitative estimate of drug-likeness (QED) is 0.109. The van der Waals surface area contributed by atoms with Crippen LogP contribution in [0.3, 0.4) is 0 Å². The molecule has 0 saturated carbocycles. The molecule has 0 unspecified atom stereocenters. The number of hydrogen-bond donors (Lipinski definition) is 1. The lowest BCUT2D eigenvalue weighted by molar-refractivity contribution is -0.394. The Balaban J connectivity index is 1.80. The van der Waals surface area contributed by atoms with E-state index in [1.807, 2.05) is 0 Å². The minimum absolute atomic E-state index is 0.0932. The summed E-state index contributed by atoms with van der Waals surface area (Å²) in [5.41, 5.74) is 1.14. The second-order valence-electron chi connectivity index (χ2n) is 7.89. The number of nitrogens with zero attached hydrogens (tertiary/aromatic N) is 3. The molecule has 0 aliphatic carbocycles. The van der Waals surface area contributed by atoms with Crippen molar-refractivity contribution in [3.63, 3.8) is 0 Å². The molecule has 0 aliphatic heterocycles. The van der Waals surface area contributed by atoms with E-state index in [9.17, 15) is 29.8 Å². The van der Waals surface area contributed by atoms with Gasteiger partial charge in [0, 0.05) is 12.1 Å². The smallest absolute Gasteiger partial charge is 0.343 e. The Morgan fingerprint density at radius 3 is 1.95 bits per heavy atom. The lowest BCUT2D eigenvalue weighted by Gasteiger charge is -2.15. The highest BCUT2D eigenvalue weighted by atomic mass is 16.6. The predicted octanol–water partition coefficient (Wildman–Crippen LogP) is 3.91. The summed E-state index contributed by atoms with van der Waals surface area (Å²) in [7, 11) is 4.26. The second kappa shape index (κ2) is 13.4. The van der Waals surface area contributed by atoms with Crippen molar-refractivity contribution in [1.82, 2.24) is 5.43 Å². The minimum Gasteiger partial charge on any atom is -0.493 e. The van der Waals surface area contributed by atoms with Gasteiger partial charge in [-0.2, -0.15) is 5.10 Å². The second-order valence-corrected chi connectivity index (χ2v) is 7.89. The van der Waals surface area contributed by atoms with E-state index in [4.69, 9.17) is 23.7 Å². The van der Waals surface area contributed by atoms with Crippen molar-refractivity contribution in [2.75, 3.05) is 27.9 Å². The lowest BCUT2D eigenvalue weighted by atomic mass is 10.1. The number of nitrogens with one attached hydrogen (secondary N) is 1. The maximum Gasteiger partial charge on any atom is 0.343 e. The first kappa shape index (κ1) is 29.8. The molecule has 214 valence electrons. The van der Waals surface area contributed by atoms with Crippen molar-refractivity contribution in [3.8, 4) is 28.7 Å². The van der Waals surface area contributed by atoms with Gasteiger partial charge < -0.3 is 23.7 Å². The Hall–Kier alpha value is -5.73. The molecule has 0 aliphatic rings. The van der Waals surface area contributed by atoms with E-state index in [-0.39, 0.29) is 40.7 Å². The summed E-state index contributed by atoms with van der Waals surface area (Å²) in [5.74, 6) is -0.525. The number of carbonyl (C=O) groups is 2. The summed E-state index contributed by atoms with van der Waals surface area (Å²) in [6, 6.07) is 9.86. The Kier molecular flexibility index (Phi) is 9.72. The average molecular weight is 568 g/mol. The van der Waals surface area contributed by atoms with Gasteiger partial charge in [-0.15, -0.1) is 0 Å². The Morgan fingerprint density at radius 1 is 0.829 bits per heavy atom. The topological polar surface area (TPSA) is 191 Å². The molecule has 0 heterocycles. The molecule has 0 spiro atoms. The number of hydrogen-bond acceptors (Lipinski definition) is 12. The van der Waals surface area contributed by atoms with Crippen molar-refractivity contribution >= 4 is 29.5 Å². The normalized spacial score (nSPS) is 10.5. The fraction of sp³-hybridized carbons (Fsp3) is 0.192. The first-order chi connectivity index (χ1) is 19.6. The Bertz CT molecular complexity index is 1460. The molecule has 0 atom stereocenters. The van der Waals surface area contributed by atoms with Crippen LogP contribution in [0.2, 0.25) is 0 Å². The number of amides is 1. The van der Waals surface area contributed by atoms with Crippen LogP contribution in [0.15, 0.2) is 53.6 Å². The van der Waals surface area contributed by atoms with E-state index in [1.165, 1.54) is 57.9 Å². The van der Waals surface area contributed by atoms with Crippen LogP contribution in [0.25, 0.3) is 0 Å². The SMILES string of the molecule is CCOc1cc(/C=N/NC(=O)c2cc([N+](=O)[O-])cc([N+](=O)[O-])c2)ccc1OC(=O)c1cc(OC)c(OC)c(OC)c1. The summed E-state index contributed by atoms with van der Waals surface area (Å²) in [6.45, 7) is 1.96. The summed E-state index contributed by atoms with van der Waals surface area (Å²) in [4.78, 5) is 45.7. The van der Waals surface area contributed by atoms with Crippen molar-refractivity contribution in [1.29, 1.82) is 0 Å². The highest BCUT2D eigenvalue weighted by Crippen LogP contribution is 2.39. The number of carbonyl (C=O) groups excluding carboxylic acids is 2. The molecule has 0 fully saturated rings. The third-order valence-electron chi connectivity index (χ3n) is 5.34. The number of nitro groups is 2. The molecule has 3 rings (SSSR count). The molecule has 0 bridgehead atoms. The first-order valence-electron chi connectivity index (χ1n) is 11.7. The third-order valence-corrected chi connectivity index (χ3v) is 5.34. The van der Waals surface area contributed by atoms with E-state index in [0.29, 0.717) is 11.3 Å². The van der Waals surface area contributed by atoms with Gasteiger partial charge in [0.2, 0.25) is 5.75 Å². The van der Waals surface area contributed by atoms with Crippen LogP contribution in [0, 0.1) is 20.2 Å². The molecule has 0 radical (unpaired) electrons. The van der Waals surface area contributed by atoms with Gasteiger partial charge in [-0.1, -0.05) is 0 Å². The van der Waals surface area contributed by atoms with Gasteiger partial charge in [0.15, 0.2) is 23.0 Å². The number of benzene rings is 3. The average Bonchev–Trinajstić information content (AvgIpc) is 2.97. The van der Waals surface area contributed by atoms with Crippen molar-refractivity contribution in [2.24, 2.45) is 5.10 Å². The molecule has 0 aromatic heterocycles. The van der Waals surface area contributed by atoms with Crippen LogP contribution in [0.5, 0.6) is 28.7 Å². The molecule has 1 amide bonds. The number of hydrazone groups is 1. The van der Waals surface area contributed by atoms with E-state index < -0.39 is 33.1 Å². The number of ether oxygens (including phenoxy) is 5. The molecule has 3 aromatic rings. The monoisotopic (exact) mass is 568 g/mol. The van der Waals surface area contributed by atoms with Crippen LogP contribution in [-0.4, -0.2) is 55.9 Å². The van der Waals surface area contributed by atoms with Gasteiger partial charge in [0.05, 0.1) is 61.2 Å². The minimum atomic E-state index is -0.908. The summed E-state index contributed by atoms with van der Waals surface area (Å²) in [5, 5.41) is 25.9. The highest BCUT2D eigenvalue weighted by Gasteiger charge is 2.21. The zero-order valence-electron chi connectivity index (χ0n) is 22.2.